The van der Waals surface area contributed by atoms with Crippen LogP contribution in [0, 0.1) is 0 Å². The molecule has 0 fully saturated rings. The Bertz CT molecular complexity index is 1010. The van der Waals surface area contributed by atoms with Gasteiger partial charge >= 0.3 is 6.18 Å². The van der Waals surface area contributed by atoms with Crippen molar-refractivity contribution in [1.82, 2.24) is 4.98 Å². The van der Waals surface area contributed by atoms with Crippen molar-refractivity contribution >= 4 is 37.3 Å². The first kappa shape index (κ1) is 20.2. The highest BCUT2D eigenvalue weighted by molar-refractivity contribution is 9.10. The molecule has 0 bridgehead atoms. The van der Waals surface area contributed by atoms with Crippen LogP contribution in [0.3, 0.4) is 0 Å². The van der Waals surface area contributed by atoms with Gasteiger partial charge in [0.25, 0.3) is 0 Å². The zero-order valence-electron chi connectivity index (χ0n) is 13.1. The second-order valence-corrected chi connectivity index (χ2v) is 8.27. The van der Waals surface area contributed by atoms with E-state index in [2.05, 4.69) is 20.9 Å². The van der Waals surface area contributed by atoms with Gasteiger partial charge in [-0.05, 0) is 40.2 Å². The van der Waals surface area contributed by atoms with E-state index >= 15 is 0 Å². The van der Waals surface area contributed by atoms with Crippen molar-refractivity contribution in [3.8, 4) is 5.75 Å². The summed E-state index contributed by atoms with van der Waals surface area (Å²) in [6, 6.07) is 3.20. The van der Waals surface area contributed by atoms with E-state index < -0.39 is 32.9 Å². The third-order valence-electron chi connectivity index (χ3n) is 3.47. The molecule has 0 atom stereocenters. The van der Waals surface area contributed by atoms with E-state index in [0.29, 0.717) is 16.6 Å². The normalized spacial score (nSPS) is 11.9. The maximum Gasteiger partial charge on any atom is 0.416 e. The number of sulfone groups is 1. The number of phenolic OH excluding ortho intramolecular Hbond substituents is 1. The van der Waals surface area contributed by atoms with E-state index in [-0.39, 0.29) is 21.9 Å². The van der Waals surface area contributed by atoms with Gasteiger partial charge in [0.05, 0.1) is 21.8 Å². The standard InChI is InChI=1S/C16H11BrF3NO4S/c1-2-26(24,25)14-6-10(17)7-21-15(14)12(8-22)11-4-3-9(5-13(11)23)16(18,19)20/h3-7,23H,2H2,1H3. The number of aromatic nitrogens is 1. The van der Waals surface area contributed by atoms with Gasteiger partial charge in [0.1, 0.15) is 17.4 Å². The van der Waals surface area contributed by atoms with E-state index in [1.165, 1.54) is 25.1 Å². The first-order valence-electron chi connectivity index (χ1n) is 7.05. The van der Waals surface area contributed by atoms with Crippen molar-refractivity contribution in [3.63, 3.8) is 0 Å². The summed E-state index contributed by atoms with van der Waals surface area (Å²) in [5.41, 5.74) is -2.19. The van der Waals surface area contributed by atoms with Gasteiger partial charge in [0.15, 0.2) is 9.84 Å². The highest BCUT2D eigenvalue weighted by atomic mass is 79.9. The SMILES string of the molecule is CCS(=O)(=O)c1cc(Br)cnc1C(=C=O)c1ccc(C(F)(F)F)cc1O. The number of nitrogens with zero attached hydrogens (tertiary/aromatic N) is 1. The van der Waals surface area contributed by atoms with Crippen LogP contribution >= 0.6 is 15.9 Å². The number of aromatic hydroxyl groups is 1. The lowest BCUT2D eigenvalue weighted by Gasteiger charge is -2.13. The number of benzene rings is 1. The van der Waals surface area contributed by atoms with Crippen molar-refractivity contribution < 1.29 is 31.5 Å². The zero-order chi connectivity index (χ0) is 19.7. The Morgan fingerprint density at radius 1 is 1.31 bits per heavy atom. The van der Waals surface area contributed by atoms with Crippen LogP contribution in [0.1, 0.15) is 23.7 Å². The van der Waals surface area contributed by atoms with Crippen molar-refractivity contribution in [3.05, 3.63) is 51.8 Å². The Labute approximate surface area is 155 Å². The van der Waals surface area contributed by atoms with E-state index in [1.54, 1.807) is 0 Å². The van der Waals surface area contributed by atoms with Crippen LogP contribution in [0.5, 0.6) is 5.75 Å². The molecule has 0 unspecified atom stereocenters. The minimum Gasteiger partial charge on any atom is -0.507 e. The lowest BCUT2D eigenvalue weighted by Crippen LogP contribution is -2.10. The Morgan fingerprint density at radius 3 is 2.46 bits per heavy atom. The topological polar surface area (TPSA) is 84.3 Å². The van der Waals surface area contributed by atoms with Gasteiger partial charge in [-0.3, -0.25) is 4.98 Å². The van der Waals surface area contributed by atoms with Crippen LogP contribution in [0.15, 0.2) is 39.8 Å². The lowest BCUT2D eigenvalue weighted by atomic mass is 10.0. The molecule has 1 aromatic heterocycles. The number of phenols is 1. The summed E-state index contributed by atoms with van der Waals surface area (Å²) in [6.07, 6.45) is -3.46. The Kier molecular flexibility index (Phi) is 5.60. The summed E-state index contributed by atoms with van der Waals surface area (Å²) in [7, 11) is -3.81. The Balaban J connectivity index is 2.71. The predicted molar refractivity (Wildman–Crippen MR) is 91.0 cm³/mol. The molecule has 138 valence electrons. The van der Waals surface area contributed by atoms with E-state index in [4.69, 9.17) is 0 Å². The zero-order valence-corrected chi connectivity index (χ0v) is 15.5. The summed E-state index contributed by atoms with van der Waals surface area (Å²) in [6.45, 7) is 1.39. The average Bonchev–Trinajstić information content (AvgIpc) is 2.57. The molecule has 0 spiro atoms. The molecular formula is C16H11BrF3NO4S. The number of rotatable bonds is 4. The minimum atomic E-state index is -4.69. The van der Waals surface area contributed by atoms with Gasteiger partial charge in [0, 0.05) is 16.2 Å². The van der Waals surface area contributed by atoms with Crippen molar-refractivity contribution in [2.24, 2.45) is 0 Å². The smallest absolute Gasteiger partial charge is 0.416 e. The van der Waals surface area contributed by atoms with Crippen LogP contribution in [0.25, 0.3) is 5.57 Å². The van der Waals surface area contributed by atoms with Crippen molar-refractivity contribution in [1.29, 1.82) is 0 Å². The molecule has 2 aromatic rings. The molecule has 0 saturated carbocycles. The summed E-state index contributed by atoms with van der Waals surface area (Å²) in [5.74, 6) is 0.340. The van der Waals surface area contributed by atoms with Crippen LogP contribution in [-0.2, 0) is 20.8 Å². The molecule has 0 radical (unpaired) electrons. The Hall–Kier alpha value is -2.16. The molecular weight excluding hydrogens is 439 g/mol. The number of hydrogen-bond donors (Lipinski definition) is 1. The third-order valence-corrected chi connectivity index (χ3v) is 5.64. The monoisotopic (exact) mass is 449 g/mol. The molecule has 2 rings (SSSR count). The second kappa shape index (κ2) is 7.22. The van der Waals surface area contributed by atoms with Gasteiger partial charge in [-0.2, -0.15) is 13.2 Å². The van der Waals surface area contributed by atoms with Crippen LogP contribution in [-0.4, -0.2) is 30.2 Å². The minimum absolute atomic E-state index is 0.288. The number of pyridine rings is 1. The van der Waals surface area contributed by atoms with Crippen LogP contribution in [0.4, 0.5) is 13.2 Å². The average molecular weight is 450 g/mol. The summed E-state index contributed by atoms with van der Waals surface area (Å²) in [4.78, 5) is 15.0. The fourth-order valence-electron chi connectivity index (χ4n) is 2.15. The molecule has 0 aliphatic heterocycles. The molecule has 1 N–H and O–H groups in total. The maximum atomic E-state index is 12.7. The van der Waals surface area contributed by atoms with E-state index in [9.17, 15) is 31.5 Å². The molecule has 1 aromatic carbocycles. The fraction of sp³-hybridized carbons (Fsp3) is 0.188. The molecule has 26 heavy (non-hydrogen) atoms. The predicted octanol–water partition coefficient (Wildman–Crippen LogP) is 3.63. The molecule has 0 aliphatic rings. The molecule has 10 heteroatoms. The summed E-state index contributed by atoms with van der Waals surface area (Å²) >= 11 is 3.08. The summed E-state index contributed by atoms with van der Waals surface area (Å²) in [5, 5.41) is 9.94. The van der Waals surface area contributed by atoms with Gasteiger partial charge in [-0.25, -0.2) is 13.2 Å². The maximum absolute atomic E-state index is 12.7. The number of halogens is 4. The van der Waals surface area contributed by atoms with Gasteiger partial charge in [-0.1, -0.05) is 6.92 Å². The van der Waals surface area contributed by atoms with E-state index in [0.717, 1.165) is 6.07 Å². The first-order chi connectivity index (χ1) is 12.0. The second-order valence-electron chi connectivity index (χ2n) is 5.11. The quantitative estimate of drug-likeness (QED) is 0.720. The Morgan fingerprint density at radius 2 is 1.96 bits per heavy atom. The number of carbonyl (C=O) groups excluding carboxylic acids is 1. The first-order valence-corrected chi connectivity index (χ1v) is 9.50. The summed E-state index contributed by atoms with van der Waals surface area (Å²) < 4.78 is 63.1. The molecule has 0 aliphatic carbocycles. The van der Waals surface area contributed by atoms with Gasteiger partial charge in [-0.15, -0.1) is 0 Å². The molecule has 5 nitrogen and oxygen atoms in total. The highest BCUT2D eigenvalue weighted by Gasteiger charge is 2.32. The largest absolute Gasteiger partial charge is 0.507 e. The molecule has 0 saturated heterocycles. The van der Waals surface area contributed by atoms with Crippen molar-refractivity contribution in [2.75, 3.05) is 5.75 Å². The van der Waals surface area contributed by atoms with Gasteiger partial charge in [0.2, 0.25) is 0 Å². The molecule has 0 amide bonds. The number of hydrogen-bond acceptors (Lipinski definition) is 5. The van der Waals surface area contributed by atoms with Crippen LogP contribution in [0.2, 0.25) is 0 Å². The van der Waals surface area contributed by atoms with E-state index in [1.807, 2.05) is 0 Å². The lowest BCUT2D eigenvalue weighted by molar-refractivity contribution is -0.137. The molecule has 1 heterocycles. The number of alkyl halides is 3. The van der Waals surface area contributed by atoms with Crippen molar-refractivity contribution in [2.45, 2.75) is 18.0 Å². The highest BCUT2D eigenvalue weighted by Crippen LogP contribution is 2.37. The van der Waals surface area contributed by atoms with Crippen LogP contribution < -0.4 is 0 Å². The third kappa shape index (κ3) is 3.98. The van der Waals surface area contributed by atoms with Gasteiger partial charge < -0.3 is 5.11 Å². The fourth-order valence-corrected chi connectivity index (χ4v) is 3.70.